The maximum atomic E-state index is 5.40. The summed E-state index contributed by atoms with van der Waals surface area (Å²) in [6.07, 6.45) is 6.29. The Labute approximate surface area is 108 Å². The zero-order chi connectivity index (χ0) is 8.10. The van der Waals surface area contributed by atoms with E-state index in [1.807, 2.05) is 0 Å². The molecule has 1 fully saturated rings. The minimum absolute atomic E-state index is 0. The Bertz CT molecular complexity index is 139. The van der Waals surface area contributed by atoms with Crippen molar-refractivity contribution >= 4 is 28.3 Å². The fraction of sp³-hybridized carbons (Fsp3) is 0.714. The third-order valence-corrected chi connectivity index (χ3v) is 2.53. The van der Waals surface area contributed by atoms with Crippen molar-refractivity contribution in [3.63, 3.8) is 0 Å². The van der Waals surface area contributed by atoms with Crippen molar-refractivity contribution in [2.75, 3.05) is 13.2 Å². The summed E-state index contributed by atoms with van der Waals surface area (Å²) in [4.78, 5) is 0. The maximum absolute atomic E-state index is 5.40. The van der Waals surface area contributed by atoms with Crippen LogP contribution in [0.1, 0.15) is 12.8 Å². The number of ether oxygens (including phenoxy) is 1. The summed E-state index contributed by atoms with van der Waals surface area (Å²) in [5.41, 5.74) is 0. The van der Waals surface area contributed by atoms with E-state index in [2.05, 4.69) is 11.6 Å². The van der Waals surface area contributed by atoms with Gasteiger partial charge in [-0.3, -0.25) is 18.0 Å². The van der Waals surface area contributed by atoms with E-state index in [-0.39, 0.29) is 32.7 Å². The van der Waals surface area contributed by atoms with Crippen LogP contribution in [0, 0.1) is 6.26 Å². The summed E-state index contributed by atoms with van der Waals surface area (Å²) in [5.74, 6) is 0. The van der Waals surface area contributed by atoms with Gasteiger partial charge in [0.1, 0.15) is 4.32 Å². The average molecular weight is 279 g/mol. The molecule has 67 valence electrons. The molecule has 0 aromatic rings. The molecule has 1 radical (unpaired) electrons. The Kier molecular flexibility index (Phi) is 8.52. The maximum Gasteiger partial charge on any atom is 0.101 e. The van der Waals surface area contributed by atoms with E-state index in [0.29, 0.717) is 6.10 Å². The van der Waals surface area contributed by atoms with E-state index in [1.165, 1.54) is 18.2 Å². The zero-order valence-corrected chi connectivity index (χ0v) is 11.4. The van der Waals surface area contributed by atoms with Gasteiger partial charge in [-0.05, 0) is 12.8 Å². The number of rotatable bonds is 2. The summed E-state index contributed by atoms with van der Waals surface area (Å²) < 4.78 is 6.15. The van der Waals surface area contributed by atoms with Crippen LogP contribution in [0.15, 0.2) is 0 Å². The Morgan fingerprint density at radius 1 is 1.75 bits per heavy atom. The molecule has 1 rings (SSSR count). The van der Waals surface area contributed by atoms with Gasteiger partial charge in [-0.25, -0.2) is 0 Å². The quantitative estimate of drug-likeness (QED) is 0.611. The fourth-order valence-corrected chi connectivity index (χ4v) is 1.32. The number of thiocarbonyl (C=S) groups is 1. The first kappa shape index (κ1) is 13.3. The van der Waals surface area contributed by atoms with Gasteiger partial charge in [0.2, 0.25) is 0 Å². The van der Waals surface area contributed by atoms with Crippen molar-refractivity contribution in [2.45, 2.75) is 18.9 Å². The van der Waals surface area contributed by atoms with Crippen LogP contribution in [0.3, 0.4) is 0 Å². The Morgan fingerprint density at radius 2 is 2.50 bits per heavy atom. The summed E-state index contributed by atoms with van der Waals surface area (Å²) in [5, 5.41) is 3.08. The Morgan fingerprint density at radius 3 is 3.00 bits per heavy atom. The van der Waals surface area contributed by atoms with Crippen LogP contribution in [-0.2, 0) is 37.4 Å². The van der Waals surface area contributed by atoms with E-state index < -0.39 is 0 Å². The molecule has 0 aromatic carbocycles. The smallest absolute Gasteiger partial charge is 0.101 e. The molecule has 0 aromatic heterocycles. The molecule has 0 amide bonds. The Balaban J connectivity index is 0.00000121. The van der Waals surface area contributed by atoms with Crippen molar-refractivity contribution in [1.29, 1.82) is 0 Å². The van der Waals surface area contributed by atoms with Crippen LogP contribution in [0.25, 0.3) is 0 Å². The van der Waals surface area contributed by atoms with Gasteiger partial charge in [0, 0.05) is 45.9 Å². The third kappa shape index (κ3) is 5.12. The minimum atomic E-state index is 0. The molecular formula is C7H12NOS2Y-. The summed E-state index contributed by atoms with van der Waals surface area (Å²) >= 11 is 6.25. The van der Waals surface area contributed by atoms with Gasteiger partial charge in [-0.2, -0.15) is 0 Å². The standard InChI is InChI=1S/C7H12NOS2.Y/c1-11-7(10)8-5-6-3-2-4-9-6;/h6H,1-5H2,(H,8,10);/q-1;. The molecule has 0 spiro atoms. The fourth-order valence-electron chi connectivity index (χ4n) is 1.05. The zero-order valence-electron chi connectivity index (χ0n) is 6.91. The SMILES string of the molecule is [CH2-]SC(=S)NCC1CCCO1.[Y]. The van der Waals surface area contributed by atoms with Gasteiger partial charge in [0.15, 0.2) is 0 Å². The molecule has 2 nitrogen and oxygen atoms in total. The molecular weight excluding hydrogens is 267 g/mol. The molecule has 1 saturated heterocycles. The van der Waals surface area contributed by atoms with Crippen LogP contribution in [0.2, 0.25) is 0 Å². The summed E-state index contributed by atoms with van der Waals surface area (Å²) in [6, 6.07) is 0. The summed E-state index contributed by atoms with van der Waals surface area (Å²) in [7, 11) is 0. The van der Waals surface area contributed by atoms with Crippen LogP contribution < -0.4 is 5.32 Å². The van der Waals surface area contributed by atoms with E-state index in [4.69, 9.17) is 17.0 Å². The van der Waals surface area contributed by atoms with E-state index in [0.717, 1.165) is 23.9 Å². The van der Waals surface area contributed by atoms with Crippen LogP contribution >= 0.6 is 24.0 Å². The van der Waals surface area contributed by atoms with Crippen LogP contribution in [0.4, 0.5) is 0 Å². The van der Waals surface area contributed by atoms with Crippen LogP contribution in [0.5, 0.6) is 0 Å². The molecule has 0 aliphatic carbocycles. The molecule has 1 atom stereocenters. The Hall–Kier alpha value is 1.30. The van der Waals surface area contributed by atoms with Gasteiger partial charge in [-0.15, -0.1) is 0 Å². The molecule has 1 aliphatic heterocycles. The average Bonchev–Trinajstić information content (AvgIpc) is 2.52. The van der Waals surface area contributed by atoms with Gasteiger partial charge < -0.3 is 10.1 Å². The monoisotopic (exact) mass is 279 g/mol. The van der Waals surface area contributed by atoms with Gasteiger partial charge in [-0.1, -0.05) is 12.2 Å². The van der Waals surface area contributed by atoms with Crippen molar-refractivity contribution < 1.29 is 37.4 Å². The third-order valence-electron chi connectivity index (χ3n) is 1.63. The molecule has 1 N–H and O–H groups in total. The van der Waals surface area contributed by atoms with E-state index in [1.54, 1.807) is 0 Å². The number of hydrogen-bond acceptors (Lipinski definition) is 3. The second-order valence-electron chi connectivity index (χ2n) is 2.45. The minimum Gasteiger partial charge on any atom is -0.376 e. The van der Waals surface area contributed by atoms with Gasteiger partial charge in [0.05, 0.1) is 6.10 Å². The predicted molar refractivity (Wildman–Crippen MR) is 52.5 cm³/mol. The normalized spacial score (nSPS) is 21.6. The number of nitrogens with one attached hydrogen (secondary N) is 1. The van der Waals surface area contributed by atoms with Crippen molar-refractivity contribution in [3.05, 3.63) is 6.26 Å². The molecule has 1 heterocycles. The molecule has 1 unspecified atom stereocenters. The summed E-state index contributed by atoms with van der Waals surface area (Å²) in [6.45, 7) is 1.73. The molecule has 12 heavy (non-hydrogen) atoms. The van der Waals surface area contributed by atoms with E-state index in [9.17, 15) is 0 Å². The molecule has 0 saturated carbocycles. The van der Waals surface area contributed by atoms with Gasteiger partial charge in [0.25, 0.3) is 0 Å². The molecule has 0 bridgehead atoms. The van der Waals surface area contributed by atoms with Crippen molar-refractivity contribution in [1.82, 2.24) is 5.32 Å². The van der Waals surface area contributed by atoms with E-state index >= 15 is 0 Å². The first-order valence-electron chi connectivity index (χ1n) is 3.64. The number of hydrogen-bond donors (Lipinski definition) is 1. The first-order chi connectivity index (χ1) is 5.33. The molecule has 1 aliphatic rings. The number of thioether (sulfide) groups is 1. The van der Waals surface area contributed by atoms with Gasteiger partial charge >= 0.3 is 0 Å². The second kappa shape index (κ2) is 7.68. The molecule has 5 heteroatoms. The second-order valence-corrected chi connectivity index (χ2v) is 3.81. The van der Waals surface area contributed by atoms with Crippen molar-refractivity contribution in [3.8, 4) is 0 Å². The van der Waals surface area contributed by atoms with Crippen LogP contribution in [-0.4, -0.2) is 23.6 Å². The predicted octanol–water partition coefficient (Wildman–Crippen LogP) is 1.56. The largest absolute Gasteiger partial charge is 0.376 e. The van der Waals surface area contributed by atoms with Crippen molar-refractivity contribution in [2.24, 2.45) is 0 Å². The topological polar surface area (TPSA) is 21.3 Å². The first-order valence-corrected chi connectivity index (χ1v) is 5.04.